The van der Waals surface area contributed by atoms with E-state index < -0.39 is 5.38 Å². The summed E-state index contributed by atoms with van der Waals surface area (Å²) < 4.78 is 1.84. The molecule has 0 saturated heterocycles. The van der Waals surface area contributed by atoms with Crippen molar-refractivity contribution < 1.29 is 4.79 Å². The van der Waals surface area contributed by atoms with E-state index >= 15 is 0 Å². The summed E-state index contributed by atoms with van der Waals surface area (Å²) in [4.78, 5) is 17.9. The van der Waals surface area contributed by atoms with Gasteiger partial charge in [0.05, 0.1) is 6.33 Å². The first-order chi connectivity index (χ1) is 9.09. The maximum atomic E-state index is 12.3. The highest BCUT2D eigenvalue weighted by atomic mass is 35.5. The van der Waals surface area contributed by atoms with Gasteiger partial charge in [0.1, 0.15) is 12.0 Å². The van der Waals surface area contributed by atoms with Crippen LogP contribution in [0.15, 0.2) is 43.0 Å². The summed E-state index contributed by atoms with van der Waals surface area (Å²) >= 11 is 5.95. The van der Waals surface area contributed by atoms with E-state index in [9.17, 15) is 4.79 Å². The third kappa shape index (κ3) is 3.15. The van der Waals surface area contributed by atoms with Crippen LogP contribution in [-0.2, 0) is 11.5 Å². The molecule has 0 saturated carbocycles. The highest BCUT2D eigenvalue weighted by molar-refractivity contribution is 6.32. The number of hydrogen-bond acceptors (Lipinski definition) is 2. The van der Waals surface area contributed by atoms with Crippen LogP contribution in [0, 0.1) is 6.92 Å². The van der Waals surface area contributed by atoms with Crippen molar-refractivity contribution in [3.8, 4) is 0 Å². The fourth-order valence-electron chi connectivity index (χ4n) is 1.88. The average molecular weight is 278 g/mol. The second kappa shape index (κ2) is 5.89. The smallest absolute Gasteiger partial charge is 0.246 e. The minimum Gasteiger partial charge on any atom is -0.319 e. The summed E-state index contributed by atoms with van der Waals surface area (Å²) in [6, 6.07) is 7.75. The fourth-order valence-corrected chi connectivity index (χ4v) is 2.00. The molecule has 0 aliphatic carbocycles. The highest BCUT2D eigenvalue weighted by Gasteiger charge is 2.21. The molecule has 2 rings (SSSR count). The number of imidazole rings is 1. The van der Waals surface area contributed by atoms with Gasteiger partial charge in [0.15, 0.2) is 0 Å². The number of amides is 1. The van der Waals surface area contributed by atoms with Crippen molar-refractivity contribution in [1.29, 1.82) is 0 Å². The van der Waals surface area contributed by atoms with Crippen LogP contribution in [0.25, 0.3) is 0 Å². The van der Waals surface area contributed by atoms with Gasteiger partial charge in [-0.3, -0.25) is 9.69 Å². The van der Waals surface area contributed by atoms with Crippen molar-refractivity contribution in [3.63, 3.8) is 0 Å². The van der Waals surface area contributed by atoms with Gasteiger partial charge < -0.3 is 4.57 Å². The van der Waals surface area contributed by atoms with Gasteiger partial charge in [-0.15, -0.1) is 11.6 Å². The van der Waals surface area contributed by atoms with Crippen molar-refractivity contribution in [2.24, 2.45) is 0 Å². The molecule has 0 fully saturated rings. The van der Waals surface area contributed by atoms with E-state index in [2.05, 4.69) is 4.98 Å². The van der Waals surface area contributed by atoms with Crippen molar-refractivity contribution in [3.05, 3.63) is 48.5 Å². The van der Waals surface area contributed by atoms with Crippen LogP contribution < -0.4 is 4.90 Å². The first kappa shape index (κ1) is 13.6. The quantitative estimate of drug-likeness (QED) is 0.806. The Morgan fingerprint density at radius 3 is 2.79 bits per heavy atom. The number of anilines is 1. The van der Waals surface area contributed by atoms with Gasteiger partial charge in [-0.2, -0.15) is 0 Å². The Labute approximate surface area is 117 Å². The summed E-state index contributed by atoms with van der Waals surface area (Å²) in [7, 11) is 0. The molecule has 100 valence electrons. The van der Waals surface area contributed by atoms with Crippen LogP contribution >= 0.6 is 11.6 Å². The van der Waals surface area contributed by atoms with E-state index in [-0.39, 0.29) is 5.91 Å². The summed E-state index contributed by atoms with van der Waals surface area (Å²) in [6.07, 6.45) is 5.18. The van der Waals surface area contributed by atoms with Gasteiger partial charge in [0, 0.05) is 18.1 Å². The number of hydrogen-bond donors (Lipinski definition) is 0. The molecule has 0 spiro atoms. The lowest BCUT2D eigenvalue weighted by Crippen LogP contribution is -2.37. The first-order valence-electron chi connectivity index (χ1n) is 6.06. The molecule has 1 amide bonds. The lowest BCUT2D eigenvalue weighted by Gasteiger charge is -2.25. The molecule has 19 heavy (non-hydrogen) atoms. The number of rotatable bonds is 4. The molecule has 1 aromatic carbocycles. The highest BCUT2D eigenvalue weighted by Crippen LogP contribution is 2.22. The molecule has 0 N–H and O–H groups in total. The minimum atomic E-state index is -0.567. The van der Waals surface area contributed by atoms with E-state index in [1.807, 2.05) is 42.0 Å². The number of para-hydroxylation sites is 1. The second-order valence-corrected chi connectivity index (χ2v) is 5.04. The normalized spacial score (nSPS) is 12.2. The van der Waals surface area contributed by atoms with Crippen LogP contribution in [0.1, 0.15) is 12.5 Å². The van der Waals surface area contributed by atoms with Crippen LogP contribution in [0.4, 0.5) is 5.69 Å². The number of alkyl halides is 1. The minimum absolute atomic E-state index is 0.121. The number of nitrogens with zero attached hydrogens (tertiary/aromatic N) is 3. The molecular formula is C14H16ClN3O. The number of benzene rings is 1. The maximum absolute atomic E-state index is 12.3. The van der Waals surface area contributed by atoms with Crippen molar-refractivity contribution >= 4 is 23.2 Å². The summed E-state index contributed by atoms with van der Waals surface area (Å²) in [6.45, 7) is 4.06. The standard InChI is InChI=1S/C14H16ClN3O/c1-11-5-3-4-6-13(11)18(14(19)12(2)15)10-17-8-7-16-9-17/h3-9,12H,10H2,1-2H3. The van der Waals surface area contributed by atoms with E-state index in [1.54, 1.807) is 24.3 Å². The Morgan fingerprint density at radius 2 is 2.21 bits per heavy atom. The van der Waals surface area contributed by atoms with Crippen molar-refractivity contribution in [1.82, 2.24) is 9.55 Å². The third-order valence-electron chi connectivity index (χ3n) is 2.88. The van der Waals surface area contributed by atoms with Gasteiger partial charge in [0.25, 0.3) is 0 Å². The number of carbonyl (C=O) groups excluding carboxylic acids is 1. The molecule has 0 aliphatic heterocycles. The second-order valence-electron chi connectivity index (χ2n) is 4.39. The zero-order valence-corrected chi connectivity index (χ0v) is 11.7. The molecule has 1 heterocycles. The molecule has 2 aromatic rings. The molecule has 0 radical (unpaired) electrons. The van der Waals surface area contributed by atoms with Crippen LogP contribution in [0.3, 0.4) is 0 Å². The summed E-state index contributed by atoms with van der Waals surface area (Å²) in [5, 5.41) is -0.567. The Hall–Kier alpha value is -1.81. The van der Waals surface area contributed by atoms with Gasteiger partial charge in [-0.05, 0) is 25.5 Å². The monoisotopic (exact) mass is 277 g/mol. The molecule has 1 atom stereocenters. The topological polar surface area (TPSA) is 38.1 Å². The predicted octanol–water partition coefficient (Wildman–Crippen LogP) is 2.81. The van der Waals surface area contributed by atoms with Crippen LogP contribution in [0.5, 0.6) is 0 Å². The Balaban J connectivity index is 2.34. The number of aromatic nitrogens is 2. The lowest BCUT2D eigenvalue weighted by atomic mass is 10.2. The third-order valence-corrected chi connectivity index (χ3v) is 3.06. The van der Waals surface area contributed by atoms with Gasteiger partial charge in [-0.1, -0.05) is 18.2 Å². The molecule has 5 heteroatoms. The average Bonchev–Trinajstić information content (AvgIpc) is 2.89. The largest absolute Gasteiger partial charge is 0.319 e. The molecular weight excluding hydrogens is 262 g/mol. The predicted molar refractivity (Wildman–Crippen MR) is 76.2 cm³/mol. The zero-order valence-electron chi connectivity index (χ0n) is 11.0. The Kier molecular flexibility index (Phi) is 4.22. The fraction of sp³-hybridized carbons (Fsp3) is 0.286. The zero-order chi connectivity index (χ0) is 13.8. The van der Waals surface area contributed by atoms with Crippen LogP contribution in [-0.4, -0.2) is 20.8 Å². The van der Waals surface area contributed by atoms with Gasteiger partial charge >= 0.3 is 0 Å². The summed E-state index contributed by atoms with van der Waals surface area (Å²) in [5.74, 6) is -0.121. The van der Waals surface area contributed by atoms with Gasteiger partial charge in [-0.25, -0.2) is 4.98 Å². The van der Waals surface area contributed by atoms with Crippen molar-refractivity contribution in [2.45, 2.75) is 25.9 Å². The van der Waals surface area contributed by atoms with Crippen LogP contribution in [0.2, 0.25) is 0 Å². The Morgan fingerprint density at radius 1 is 1.47 bits per heavy atom. The summed E-state index contributed by atoms with van der Waals surface area (Å²) in [5.41, 5.74) is 1.90. The number of halogens is 1. The van der Waals surface area contributed by atoms with Crippen molar-refractivity contribution in [2.75, 3.05) is 4.90 Å². The van der Waals surface area contributed by atoms with E-state index in [0.717, 1.165) is 11.3 Å². The SMILES string of the molecule is Cc1ccccc1N(Cn1ccnc1)C(=O)C(C)Cl. The number of carbonyl (C=O) groups is 1. The first-order valence-corrected chi connectivity index (χ1v) is 6.50. The lowest BCUT2D eigenvalue weighted by molar-refractivity contribution is -0.118. The molecule has 1 unspecified atom stereocenters. The molecule has 1 aromatic heterocycles. The van der Waals surface area contributed by atoms with E-state index in [4.69, 9.17) is 11.6 Å². The maximum Gasteiger partial charge on any atom is 0.246 e. The number of aryl methyl sites for hydroxylation is 1. The molecule has 0 aliphatic rings. The molecule has 4 nitrogen and oxygen atoms in total. The van der Waals surface area contributed by atoms with E-state index in [1.165, 1.54) is 0 Å². The van der Waals surface area contributed by atoms with Gasteiger partial charge in [0.2, 0.25) is 5.91 Å². The van der Waals surface area contributed by atoms with E-state index in [0.29, 0.717) is 6.67 Å². The molecule has 0 bridgehead atoms. The Bertz CT molecular complexity index is 552.